The molecule has 1 fully saturated rings. The number of fused-ring (bicyclic) bond motifs is 2. The number of nitrogens with zero attached hydrogens (tertiary/aromatic N) is 2. The molecule has 3 aromatic carbocycles. The zero-order valence-corrected chi connectivity index (χ0v) is 23.7. The van der Waals surface area contributed by atoms with Gasteiger partial charge in [0.2, 0.25) is 10.0 Å². The maximum absolute atomic E-state index is 13.7. The van der Waals surface area contributed by atoms with E-state index in [4.69, 9.17) is 8.83 Å². The van der Waals surface area contributed by atoms with Crippen LogP contribution >= 0.6 is 0 Å². The van der Waals surface area contributed by atoms with Crippen LogP contribution in [-0.2, 0) is 10.0 Å². The highest BCUT2D eigenvalue weighted by Gasteiger charge is 2.30. The van der Waals surface area contributed by atoms with E-state index in [1.54, 1.807) is 19.1 Å². The van der Waals surface area contributed by atoms with Gasteiger partial charge in [0.25, 0.3) is 11.9 Å². The van der Waals surface area contributed by atoms with E-state index in [0.29, 0.717) is 58.0 Å². The number of aromatic nitrogens is 1. The van der Waals surface area contributed by atoms with E-state index >= 15 is 0 Å². The summed E-state index contributed by atoms with van der Waals surface area (Å²) in [5.41, 5.74) is 2.97. The second kappa shape index (κ2) is 10.8. The number of oxazole rings is 1. The Hall–Kier alpha value is -4.45. The van der Waals surface area contributed by atoms with Crippen LogP contribution < -0.4 is 14.9 Å². The lowest BCUT2D eigenvalue weighted by molar-refractivity contribution is 0.0964. The number of piperidine rings is 1. The number of carbonyl (C=O) groups is 1. The normalized spacial score (nSPS) is 15.8. The Kier molecular flexibility index (Phi) is 7.09. The molecule has 2 N–H and O–H groups in total. The largest absolute Gasteiger partial charge is 0.455 e. The molecule has 1 amide bonds. The Morgan fingerprint density at radius 1 is 1.05 bits per heavy atom. The molecule has 1 aliphatic rings. The molecule has 12 heteroatoms. The van der Waals surface area contributed by atoms with Gasteiger partial charge in [0, 0.05) is 49.1 Å². The second-order valence-corrected chi connectivity index (χ2v) is 12.2. The standard InChI is InChI=1S/C30H28F2N4O5S/c1-3-42(38,39)35-23-15-26-22(27(29(37)33-2)28(40-26)17-6-8-19(31)9-7-17)14-21(23)18-5-4-12-36(16-18)30-34-24-13-20(32)10-11-25(24)41-30/h6-11,13-15,18,35H,3-5,12,16H2,1-2H3,(H,33,37)/t18-/m1/s1. The minimum Gasteiger partial charge on any atom is -0.455 e. The number of hydrogen-bond donors (Lipinski definition) is 2. The highest BCUT2D eigenvalue weighted by molar-refractivity contribution is 7.92. The fourth-order valence-corrected chi connectivity index (χ4v) is 6.07. The average Bonchev–Trinajstić information content (AvgIpc) is 3.57. The van der Waals surface area contributed by atoms with Crippen molar-refractivity contribution in [1.82, 2.24) is 10.3 Å². The zero-order chi connectivity index (χ0) is 29.6. The van der Waals surface area contributed by atoms with Gasteiger partial charge in [-0.2, -0.15) is 4.98 Å². The van der Waals surface area contributed by atoms with Crippen LogP contribution in [0.1, 0.15) is 41.6 Å². The summed E-state index contributed by atoms with van der Waals surface area (Å²) in [5.74, 6) is -1.30. The molecule has 0 bridgehead atoms. The van der Waals surface area contributed by atoms with Crippen molar-refractivity contribution >= 4 is 49.7 Å². The molecule has 3 heterocycles. The first-order valence-corrected chi connectivity index (χ1v) is 15.2. The number of amides is 1. The van der Waals surface area contributed by atoms with E-state index < -0.39 is 27.6 Å². The molecule has 1 atom stereocenters. The Morgan fingerprint density at radius 3 is 2.55 bits per heavy atom. The van der Waals surface area contributed by atoms with Crippen LogP contribution in [0.15, 0.2) is 63.4 Å². The third-order valence-electron chi connectivity index (χ3n) is 7.54. The van der Waals surface area contributed by atoms with Gasteiger partial charge in [-0.15, -0.1) is 0 Å². The summed E-state index contributed by atoms with van der Waals surface area (Å²) in [4.78, 5) is 19.6. The minimum atomic E-state index is -3.66. The molecule has 0 aliphatic carbocycles. The maximum Gasteiger partial charge on any atom is 0.298 e. The first-order valence-electron chi connectivity index (χ1n) is 13.6. The van der Waals surface area contributed by atoms with E-state index in [2.05, 4.69) is 15.0 Å². The number of halogens is 2. The van der Waals surface area contributed by atoms with Crippen LogP contribution in [0.25, 0.3) is 33.4 Å². The molecule has 2 aromatic heterocycles. The lowest BCUT2D eigenvalue weighted by atomic mass is 9.88. The number of carbonyl (C=O) groups excluding carboxylic acids is 1. The van der Waals surface area contributed by atoms with Gasteiger partial charge in [0.15, 0.2) is 5.58 Å². The minimum absolute atomic E-state index is 0.136. The molecule has 0 unspecified atom stereocenters. The fourth-order valence-electron chi connectivity index (χ4n) is 5.41. The van der Waals surface area contributed by atoms with Gasteiger partial charge in [0.05, 0.1) is 17.0 Å². The lowest BCUT2D eigenvalue weighted by Crippen LogP contribution is -2.35. The summed E-state index contributed by atoms with van der Waals surface area (Å²) in [6, 6.07) is 13.5. The Bertz CT molecular complexity index is 1920. The van der Waals surface area contributed by atoms with Crippen molar-refractivity contribution in [3.05, 3.63) is 77.4 Å². The number of nitrogens with one attached hydrogen (secondary N) is 2. The molecule has 0 spiro atoms. The monoisotopic (exact) mass is 594 g/mol. The Labute approximate surface area is 240 Å². The summed E-state index contributed by atoms with van der Waals surface area (Å²) in [7, 11) is -2.16. The van der Waals surface area contributed by atoms with Crippen molar-refractivity contribution in [2.45, 2.75) is 25.7 Å². The van der Waals surface area contributed by atoms with Crippen LogP contribution in [0.2, 0.25) is 0 Å². The van der Waals surface area contributed by atoms with E-state index in [1.165, 1.54) is 49.5 Å². The molecular formula is C30H28F2N4O5S. The van der Waals surface area contributed by atoms with Crippen molar-refractivity contribution in [3.8, 4) is 11.3 Å². The lowest BCUT2D eigenvalue weighted by Gasteiger charge is -2.33. The molecule has 0 saturated carbocycles. The summed E-state index contributed by atoms with van der Waals surface area (Å²) in [5, 5.41) is 3.14. The Morgan fingerprint density at radius 2 is 1.81 bits per heavy atom. The molecule has 1 aliphatic heterocycles. The molecular weight excluding hydrogens is 566 g/mol. The number of rotatable bonds is 7. The number of hydrogen-bond acceptors (Lipinski definition) is 7. The van der Waals surface area contributed by atoms with Crippen LogP contribution in [0, 0.1) is 11.6 Å². The van der Waals surface area contributed by atoms with Crippen molar-refractivity contribution in [2.24, 2.45) is 0 Å². The van der Waals surface area contributed by atoms with Crippen LogP contribution in [0.5, 0.6) is 0 Å². The topological polar surface area (TPSA) is 118 Å². The maximum atomic E-state index is 13.7. The molecule has 0 radical (unpaired) electrons. The van der Waals surface area contributed by atoms with Gasteiger partial charge in [0.1, 0.15) is 28.5 Å². The predicted molar refractivity (Wildman–Crippen MR) is 156 cm³/mol. The average molecular weight is 595 g/mol. The summed E-state index contributed by atoms with van der Waals surface area (Å²) in [6.45, 7) is 2.63. The van der Waals surface area contributed by atoms with Crippen LogP contribution in [0.4, 0.5) is 20.5 Å². The van der Waals surface area contributed by atoms with E-state index in [0.717, 1.165) is 12.8 Å². The Balaban J connectivity index is 1.47. The SMILES string of the molecule is CCS(=O)(=O)Nc1cc2oc(-c3ccc(F)cc3)c(C(=O)NC)c2cc1[C@@H]1CCCN(c2nc3cc(F)ccc3o2)C1. The van der Waals surface area contributed by atoms with Crippen molar-refractivity contribution in [2.75, 3.05) is 35.5 Å². The third-order valence-corrected chi connectivity index (χ3v) is 8.83. The number of furan rings is 1. The molecule has 6 rings (SSSR count). The summed E-state index contributed by atoms with van der Waals surface area (Å²) >= 11 is 0. The van der Waals surface area contributed by atoms with Crippen LogP contribution in [-0.4, -0.2) is 45.2 Å². The van der Waals surface area contributed by atoms with E-state index in [1.807, 2.05) is 4.90 Å². The molecule has 9 nitrogen and oxygen atoms in total. The summed E-state index contributed by atoms with van der Waals surface area (Å²) < 4.78 is 67.6. The van der Waals surface area contributed by atoms with Gasteiger partial charge in [-0.05, 0) is 67.8 Å². The number of benzene rings is 3. The first kappa shape index (κ1) is 27.7. The van der Waals surface area contributed by atoms with E-state index in [-0.39, 0.29) is 23.0 Å². The predicted octanol–water partition coefficient (Wildman–Crippen LogP) is 6.02. The van der Waals surface area contributed by atoms with E-state index in [9.17, 15) is 22.0 Å². The first-order chi connectivity index (χ1) is 20.2. The molecule has 1 saturated heterocycles. The number of sulfonamides is 1. The zero-order valence-electron chi connectivity index (χ0n) is 22.9. The van der Waals surface area contributed by atoms with Crippen LogP contribution in [0.3, 0.4) is 0 Å². The van der Waals surface area contributed by atoms with Gasteiger partial charge >= 0.3 is 0 Å². The van der Waals surface area contributed by atoms with Crippen molar-refractivity contribution < 1.29 is 30.8 Å². The second-order valence-electron chi connectivity index (χ2n) is 10.2. The summed E-state index contributed by atoms with van der Waals surface area (Å²) in [6.07, 6.45) is 1.49. The van der Waals surface area contributed by atoms with Crippen molar-refractivity contribution in [3.63, 3.8) is 0 Å². The fraction of sp³-hybridized carbons (Fsp3) is 0.267. The smallest absolute Gasteiger partial charge is 0.298 e. The molecule has 5 aromatic rings. The van der Waals surface area contributed by atoms with Gasteiger partial charge in [-0.1, -0.05) is 0 Å². The number of anilines is 2. The quantitative estimate of drug-likeness (QED) is 0.236. The highest BCUT2D eigenvalue weighted by Crippen LogP contribution is 2.41. The molecule has 42 heavy (non-hydrogen) atoms. The van der Waals surface area contributed by atoms with Crippen molar-refractivity contribution in [1.29, 1.82) is 0 Å². The highest BCUT2D eigenvalue weighted by atomic mass is 32.2. The molecule has 218 valence electrons. The van der Waals surface area contributed by atoms with Gasteiger partial charge in [-0.25, -0.2) is 17.2 Å². The van der Waals surface area contributed by atoms with Gasteiger partial charge in [-0.3, -0.25) is 9.52 Å². The van der Waals surface area contributed by atoms with Gasteiger partial charge < -0.3 is 19.1 Å². The third kappa shape index (κ3) is 5.18.